The number of benzene rings is 1. The molecular weight excluding hydrogens is 436 g/mol. The first-order valence-electron chi connectivity index (χ1n) is 12.9. The van der Waals surface area contributed by atoms with Crippen LogP contribution in [0.2, 0.25) is 0 Å². The van der Waals surface area contributed by atoms with Crippen molar-refractivity contribution < 1.29 is 9.53 Å². The maximum Gasteiger partial charge on any atom is 0.234 e. The van der Waals surface area contributed by atoms with Gasteiger partial charge in [0, 0.05) is 27.9 Å². The Morgan fingerprint density at radius 2 is 1.86 bits per heavy atom. The van der Waals surface area contributed by atoms with Gasteiger partial charge in [0.2, 0.25) is 5.91 Å². The lowest BCUT2D eigenvalue weighted by Crippen LogP contribution is -2.61. The number of pyridine rings is 1. The highest BCUT2D eigenvalue weighted by molar-refractivity contribution is 5.92. The van der Waals surface area contributed by atoms with E-state index in [1.165, 1.54) is 33.3 Å². The Morgan fingerprint density at radius 1 is 1.17 bits per heavy atom. The second kappa shape index (κ2) is 9.40. The molecule has 2 aromatic heterocycles. The number of likely N-dealkylation sites (tertiary alicyclic amines) is 1. The molecule has 0 unspecified atom stereocenters. The summed E-state index contributed by atoms with van der Waals surface area (Å²) in [4.78, 5) is 23.0. The summed E-state index contributed by atoms with van der Waals surface area (Å²) in [7, 11) is 0. The fraction of sp³-hybridized carbons (Fsp3) is 0.517. The normalized spacial score (nSPS) is 18.7. The van der Waals surface area contributed by atoms with Gasteiger partial charge < -0.3 is 15.0 Å². The van der Waals surface area contributed by atoms with Crippen LogP contribution in [0.3, 0.4) is 0 Å². The van der Waals surface area contributed by atoms with Gasteiger partial charge in [0.05, 0.1) is 31.0 Å². The third-order valence-electron chi connectivity index (χ3n) is 7.52. The minimum absolute atomic E-state index is 0.110. The minimum atomic E-state index is -0.179. The van der Waals surface area contributed by atoms with Crippen LogP contribution in [0.4, 0.5) is 0 Å². The number of nitrogens with one attached hydrogen (secondary N) is 2. The second-order valence-electron chi connectivity index (χ2n) is 11.2. The summed E-state index contributed by atoms with van der Waals surface area (Å²) in [5, 5.41) is 4.46. The fourth-order valence-electron chi connectivity index (χ4n) is 5.77. The van der Waals surface area contributed by atoms with Crippen LogP contribution in [0.5, 0.6) is 0 Å². The van der Waals surface area contributed by atoms with Gasteiger partial charge in [-0.05, 0) is 93.9 Å². The van der Waals surface area contributed by atoms with Crippen molar-refractivity contribution >= 4 is 16.8 Å². The van der Waals surface area contributed by atoms with Crippen LogP contribution in [-0.2, 0) is 9.53 Å². The van der Waals surface area contributed by atoms with Crippen molar-refractivity contribution in [3.8, 4) is 11.3 Å². The Balaban J connectivity index is 1.32. The number of fused-ring (bicyclic) bond motifs is 1. The molecule has 2 fully saturated rings. The lowest BCUT2D eigenvalue weighted by Gasteiger charge is -2.39. The van der Waals surface area contributed by atoms with E-state index in [1.54, 1.807) is 0 Å². The first kappa shape index (κ1) is 24.0. The monoisotopic (exact) mass is 474 g/mol. The van der Waals surface area contributed by atoms with E-state index in [9.17, 15) is 4.79 Å². The van der Waals surface area contributed by atoms with Crippen molar-refractivity contribution in [2.45, 2.75) is 64.8 Å². The average Bonchev–Trinajstić information content (AvgIpc) is 3.17. The highest BCUT2D eigenvalue weighted by Gasteiger charge is 2.35. The molecule has 0 aliphatic carbocycles. The number of rotatable bonds is 6. The zero-order valence-electron chi connectivity index (χ0n) is 21.7. The van der Waals surface area contributed by atoms with Gasteiger partial charge in [-0.15, -0.1) is 0 Å². The molecule has 186 valence electrons. The highest BCUT2D eigenvalue weighted by atomic mass is 16.5. The standard InChI is InChI=1S/C29H38N4O2/c1-18(2)27-24-14-22(6-7-25(24)31-28(27)23-12-19(3)30-20(4)13-23)21-8-10-33(11-9-21)15-26(34)32-29(5)16-35-17-29/h6-7,12-14,18,21,31H,8-11,15-17H2,1-5H3,(H,32,34). The number of H-pyrrole nitrogens is 1. The Labute approximate surface area is 208 Å². The van der Waals surface area contributed by atoms with E-state index >= 15 is 0 Å². The third kappa shape index (κ3) is 5.00. The van der Waals surface area contributed by atoms with Gasteiger partial charge in [-0.25, -0.2) is 0 Å². The zero-order valence-corrected chi connectivity index (χ0v) is 21.7. The number of hydrogen-bond donors (Lipinski definition) is 2. The molecule has 2 saturated heterocycles. The molecular formula is C29H38N4O2. The molecule has 0 atom stereocenters. The van der Waals surface area contributed by atoms with Gasteiger partial charge in [0.15, 0.2) is 0 Å². The van der Waals surface area contributed by atoms with Crippen LogP contribution in [0.1, 0.15) is 68.0 Å². The van der Waals surface area contributed by atoms with Crippen molar-refractivity contribution in [3.05, 3.63) is 52.8 Å². The Bertz CT molecular complexity index is 1210. The van der Waals surface area contributed by atoms with Crippen LogP contribution < -0.4 is 5.32 Å². The molecule has 1 aromatic carbocycles. The SMILES string of the molecule is Cc1cc(-c2[nH]c3ccc(C4CCN(CC(=O)NC5(C)COC5)CC4)cc3c2C(C)C)cc(C)n1. The predicted octanol–water partition coefficient (Wildman–Crippen LogP) is 5.05. The molecule has 5 rings (SSSR count). The van der Waals surface area contributed by atoms with Gasteiger partial charge in [-0.1, -0.05) is 19.9 Å². The van der Waals surface area contributed by atoms with Crippen LogP contribution in [-0.4, -0.2) is 59.2 Å². The smallest absolute Gasteiger partial charge is 0.234 e. The van der Waals surface area contributed by atoms with E-state index in [4.69, 9.17) is 4.74 Å². The van der Waals surface area contributed by atoms with Gasteiger partial charge >= 0.3 is 0 Å². The summed E-state index contributed by atoms with van der Waals surface area (Å²) in [6.07, 6.45) is 2.16. The molecule has 0 saturated carbocycles. The van der Waals surface area contributed by atoms with E-state index in [2.05, 4.69) is 78.2 Å². The summed E-state index contributed by atoms with van der Waals surface area (Å²) in [5.41, 5.74) is 8.33. The quantitative estimate of drug-likeness (QED) is 0.524. The predicted molar refractivity (Wildman–Crippen MR) is 141 cm³/mol. The second-order valence-corrected chi connectivity index (χ2v) is 11.2. The van der Waals surface area contributed by atoms with E-state index in [0.29, 0.717) is 31.6 Å². The van der Waals surface area contributed by atoms with Crippen molar-refractivity contribution in [2.75, 3.05) is 32.8 Å². The Hall–Kier alpha value is -2.70. The van der Waals surface area contributed by atoms with Gasteiger partial charge in [-0.3, -0.25) is 14.7 Å². The molecule has 2 aliphatic heterocycles. The van der Waals surface area contributed by atoms with Crippen molar-refractivity contribution in [1.29, 1.82) is 0 Å². The fourth-order valence-corrected chi connectivity index (χ4v) is 5.77. The van der Waals surface area contributed by atoms with Crippen LogP contribution in [0.25, 0.3) is 22.2 Å². The lowest BCUT2D eigenvalue weighted by atomic mass is 9.87. The molecule has 0 bridgehead atoms. The number of ether oxygens (including phenoxy) is 1. The summed E-state index contributed by atoms with van der Waals surface area (Å²) in [6, 6.07) is 11.3. The molecule has 1 amide bonds. The van der Waals surface area contributed by atoms with Crippen molar-refractivity contribution in [3.63, 3.8) is 0 Å². The molecule has 2 aliphatic rings. The topological polar surface area (TPSA) is 70.2 Å². The number of hydrogen-bond acceptors (Lipinski definition) is 4. The summed E-state index contributed by atoms with van der Waals surface area (Å²) in [5.74, 6) is 1.05. The summed E-state index contributed by atoms with van der Waals surface area (Å²) in [6.45, 7) is 14.3. The van der Waals surface area contributed by atoms with Gasteiger partial charge in [0.25, 0.3) is 0 Å². The first-order valence-corrected chi connectivity index (χ1v) is 12.9. The summed E-state index contributed by atoms with van der Waals surface area (Å²) >= 11 is 0. The van der Waals surface area contributed by atoms with Crippen molar-refractivity contribution in [1.82, 2.24) is 20.2 Å². The molecule has 2 N–H and O–H groups in total. The van der Waals surface area contributed by atoms with Crippen LogP contribution in [0, 0.1) is 13.8 Å². The molecule has 6 nitrogen and oxygen atoms in total. The first-order chi connectivity index (χ1) is 16.7. The van der Waals surface area contributed by atoms with Crippen LogP contribution in [0.15, 0.2) is 30.3 Å². The van der Waals surface area contributed by atoms with E-state index in [0.717, 1.165) is 37.3 Å². The third-order valence-corrected chi connectivity index (χ3v) is 7.52. The van der Waals surface area contributed by atoms with Gasteiger partial charge in [0.1, 0.15) is 0 Å². The summed E-state index contributed by atoms with van der Waals surface area (Å²) < 4.78 is 5.25. The van der Waals surface area contributed by atoms with E-state index in [1.807, 2.05) is 6.92 Å². The lowest BCUT2D eigenvalue weighted by molar-refractivity contribution is -0.132. The number of piperidine rings is 1. The number of carbonyl (C=O) groups excluding carboxylic acids is 1. The minimum Gasteiger partial charge on any atom is -0.376 e. The number of aromatic nitrogens is 2. The Kier molecular flexibility index (Phi) is 6.45. The Morgan fingerprint density at radius 3 is 2.46 bits per heavy atom. The molecule has 0 spiro atoms. The average molecular weight is 475 g/mol. The zero-order chi connectivity index (χ0) is 24.7. The molecule has 3 aromatic rings. The van der Waals surface area contributed by atoms with Crippen LogP contribution >= 0.6 is 0 Å². The number of carbonyl (C=O) groups is 1. The van der Waals surface area contributed by atoms with E-state index in [-0.39, 0.29) is 11.4 Å². The number of aryl methyl sites for hydroxylation is 2. The van der Waals surface area contributed by atoms with Crippen molar-refractivity contribution in [2.24, 2.45) is 0 Å². The molecule has 0 radical (unpaired) electrons. The number of aromatic amines is 1. The largest absolute Gasteiger partial charge is 0.376 e. The molecule has 6 heteroatoms. The molecule has 35 heavy (non-hydrogen) atoms. The maximum atomic E-state index is 12.5. The van der Waals surface area contributed by atoms with Gasteiger partial charge in [-0.2, -0.15) is 0 Å². The van der Waals surface area contributed by atoms with E-state index < -0.39 is 0 Å². The number of nitrogens with zero attached hydrogens (tertiary/aromatic N) is 2. The molecule has 4 heterocycles. The maximum absolute atomic E-state index is 12.5. The highest BCUT2D eigenvalue weighted by Crippen LogP contribution is 2.38. The number of amides is 1.